The minimum Gasteiger partial charge on any atom is -0.352 e. The van der Waals surface area contributed by atoms with Gasteiger partial charge in [-0.15, -0.1) is 11.3 Å². The van der Waals surface area contributed by atoms with E-state index in [1.165, 1.54) is 0 Å². The average molecular weight is 400 g/mol. The highest BCUT2D eigenvalue weighted by molar-refractivity contribution is 7.09. The fourth-order valence-electron chi connectivity index (χ4n) is 3.03. The summed E-state index contributed by atoms with van der Waals surface area (Å²) in [6, 6.07) is 8.13. The number of carbonyl (C=O) groups excluding carboxylic acids is 1. The number of aromatic nitrogens is 1. The third-order valence-corrected chi connectivity index (χ3v) is 5.95. The minimum atomic E-state index is 0.0781. The zero-order valence-electron chi connectivity index (χ0n) is 17.1. The van der Waals surface area contributed by atoms with Crippen LogP contribution in [0.5, 0.6) is 0 Å². The molecule has 6 nitrogen and oxygen atoms in total. The molecule has 2 N–H and O–H groups in total. The monoisotopic (exact) mass is 399 g/mol. The highest BCUT2D eigenvalue weighted by atomic mass is 32.1. The number of nitrogens with zero attached hydrogens (tertiary/aromatic N) is 3. The quantitative estimate of drug-likeness (QED) is 0.597. The first kappa shape index (κ1) is 20.3. The smallest absolute Gasteiger partial charge is 0.227 e. The second-order valence-corrected chi connectivity index (χ2v) is 8.85. The number of rotatable bonds is 5. The molecule has 0 aliphatic carbocycles. The molecule has 1 aliphatic rings. The van der Waals surface area contributed by atoms with Gasteiger partial charge in [0.2, 0.25) is 5.91 Å². The Bertz CT molecular complexity index is 835. The molecule has 1 aromatic heterocycles. The lowest BCUT2D eigenvalue weighted by molar-refractivity contribution is -0.117. The van der Waals surface area contributed by atoms with E-state index in [1.807, 2.05) is 17.0 Å². The van der Waals surface area contributed by atoms with Gasteiger partial charge in [-0.2, -0.15) is 0 Å². The van der Waals surface area contributed by atoms with Crippen LogP contribution in [0.25, 0.3) is 0 Å². The molecule has 7 heteroatoms. The zero-order valence-corrected chi connectivity index (χ0v) is 17.9. The van der Waals surface area contributed by atoms with E-state index in [2.05, 4.69) is 53.9 Å². The summed E-state index contributed by atoms with van der Waals surface area (Å²) in [6.07, 6.45) is 1.60. The van der Waals surface area contributed by atoms with Crippen molar-refractivity contribution in [3.63, 3.8) is 0 Å². The first-order chi connectivity index (χ1) is 13.4. The van der Waals surface area contributed by atoms with Gasteiger partial charge in [-0.3, -0.25) is 9.79 Å². The van der Waals surface area contributed by atoms with E-state index in [0.29, 0.717) is 19.5 Å². The highest BCUT2D eigenvalue weighted by Gasteiger charge is 2.21. The van der Waals surface area contributed by atoms with Crippen molar-refractivity contribution in [3.05, 3.63) is 45.9 Å². The predicted octanol–water partition coefficient (Wildman–Crippen LogP) is 3.43. The standard InChI is InChI=1S/C21H29N5OS/c1-21(2,3)19-25-16(14-28-19)13-24-20(22-4)23-12-15-7-9-17(10-8-15)26-11-5-6-18(26)27/h7-10,14H,5-6,11-13H2,1-4H3,(H2,22,23,24). The van der Waals surface area contributed by atoms with Crippen LogP contribution in [-0.4, -0.2) is 30.4 Å². The molecule has 2 heterocycles. The molecule has 28 heavy (non-hydrogen) atoms. The number of anilines is 1. The normalized spacial score (nSPS) is 15.2. The Kier molecular flexibility index (Phi) is 6.34. The number of aliphatic imine (C=N–C) groups is 1. The summed E-state index contributed by atoms with van der Waals surface area (Å²) < 4.78 is 0. The fourth-order valence-corrected chi connectivity index (χ4v) is 3.94. The van der Waals surface area contributed by atoms with Crippen LogP contribution >= 0.6 is 11.3 Å². The van der Waals surface area contributed by atoms with Gasteiger partial charge in [0.1, 0.15) is 0 Å². The Labute approximate surface area is 171 Å². The Morgan fingerprint density at radius 2 is 1.93 bits per heavy atom. The van der Waals surface area contributed by atoms with Crippen molar-refractivity contribution in [2.24, 2.45) is 4.99 Å². The largest absolute Gasteiger partial charge is 0.352 e. The predicted molar refractivity (Wildman–Crippen MR) is 116 cm³/mol. The van der Waals surface area contributed by atoms with Crippen LogP contribution in [0.1, 0.15) is 49.9 Å². The Balaban J connectivity index is 1.50. The van der Waals surface area contributed by atoms with Crippen LogP contribution in [0.3, 0.4) is 0 Å². The molecular formula is C21H29N5OS. The van der Waals surface area contributed by atoms with E-state index in [9.17, 15) is 4.79 Å². The molecule has 0 spiro atoms. The molecule has 0 radical (unpaired) electrons. The van der Waals surface area contributed by atoms with Gasteiger partial charge < -0.3 is 15.5 Å². The van der Waals surface area contributed by atoms with E-state index in [0.717, 1.165) is 40.9 Å². The van der Waals surface area contributed by atoms with Gasteiger partial charge in [-0.05, 0) is 24.1 Å². The van der Waals surface area contributed by atoms with Crippen molar-refractivity contribution < 1.29 is 4.79 Å². The van der Waals surface area contributed by atoms with Crippen molar-refractivity contribution >= 4 is 28.9 Å². The van der Waals surface area contributed by atoms with Gasteiger partial charge in [0.15, 0.2) is 5.96 Å². The molecule has 150 valence electrons. The van der Waals surface area contributed by atoms with E-state index >= 15 is 0 Å². The van der Waals surface area contributed by atoms with Crippen molar-refractivity contribution in [2.45, 2.75) is 52.1 Å². The molecule has 1 aliphatic heterocycles. The molecule has 0 bridgehead atoms. The van der Waals surface area contributed by atoms with E-state index in [4.69, 9.17) is 4.98 Å². The van der Waals surface area contributed by atoms with Crippen molar-refractivity contribution in [1.29, 1.82) is 0 Å². The molecule has 3 rings (SSSR count). The SMILES string of the molecule is CN=C(NCc1ccc(N2CCCC2=O)cc1)NCc1csc(C(C)(C)C)n1. The lowest BCUT2D eigenvalue weighted by atomic mass is 9.98. The Hall–Kier alpha value is -2.41. The molecule has 0 atom stereocenters. The number of benzene rings is 1. The molecule has 0 unspecified atom stereocenters. The van der Waals surface area contributed by atoms with Gasteiger partial charge in [0.05, 0.1) is 17.2 Å². The van der Waals surface area contributed by atoms with Crippen LogP contribution in [-0.2, 0) is 23.3 Å². The second kappa shape index (κ2) is 8.73. The molecule has 1 fully saturated rings. The Morgan fingerprint density at radius 1 is 1.21 bits per heavy atom. The van der Waals surface area contributed by atoms with Crippen LogP contribution in [0.2, 0.25) is 0 Å². The third kappa shape index (κ3) is 5.10. The summed E-state index contributed by atoms with van der Waals surface area (Å²) in [5.41, 5.74) is 3.22. The maximum absolute atomic E-state index is 11.8. The summed E-state index contributed by atoms with van der Waals surface area (Å²) in [6.45, 7) is 8.65. The van der Waals surface area contributed by atoms with Gasteiger partial charge >= 0.3 is 0 Å². The number of hydrogen-bond donors (Lipinski definition) is 2. The summed E-state index contributed by atoms with van der Waals surface area (Å²) in [7, 11) is 1.76. The third-order valence-electron chi connectivity index (χ3n) is 4.64. The lowest BCUT2D eigenvalue weighted by Crippen LogP contribution is -2.36. The van der Waals surface area contributed by atoms with E-state index in [1.54, 1.807) is 18.4 Å². The summed E-state index contributed by atoms with van der Waals surface area (Å²) in [4.78, 5) is 22.7. The van der Waals surface area contributed by atoms with Crippen molar-refractivity contribution in [2.75, 3.05) is 18.5 Å². The van der Waals surface area contributed by atoms with E-state index in [-0.39, 0.29) is 11.3 Å². The van der Waals surface area contributed by atoms with Gasteiger partial charge in [0, 0.05) is 43.0 Å². The van der Waals surface area contributed by atoms with E-state index < -0.39 is 0 Å². The summed E-state index contributed by atoms with van der Waals surface area (Å²) in [5.74, 6) is 0.955. The molecule has 1 saturated heterocycles. The maximum Gasteiger partial charge on any atom is 0.227 e. The second-order valence-electron chi connectivity index (χ2n) is 7.99. The summed E-state index contributed by atoms with van der Waals surface area (Å²) >= 11 is 1.70. The highest BCUT2D eigenvalue weighted by Crippen LogP contribution is 2.25. The van der Waals surface area contributed by atoms with Gasteiger partial charge in [-0.1, -0.05) is 32.9 Å². The average Bonchev–Trinajstić information content (AvgIpc) is 3.31. The van der Waals surface area contributed by atoms with Crippen LogP contribution in [0, 0.1) is 0 Å². The Morgan fingerprint density at radius 3 is 2.50 bits per heavy atom. The molecule has 2 aromatic rings. The lowest BCUT2D eigenvalue weighted by Gasteiger charge is -2.16. The number of guanidine groups is 1. The number of amides is 1. The van der Waals surface area contributed by atoms with Crippen molar-refractivity contribution in [1.82, 2.24) is 15.6 Å². The fraction of sp³-hybridized carbons (Fsp3) is 0.476. The topological polar surface area (TPSA) is 69.6 Å². The molecular weight excluding hydrogens is 370 g/mol. The number of thiazole rings is 1. The zero-order chi connectivity index (χ0) is 20.1. The van der Waals surface area contributed by atoms with Crippen LogP contribution in [0.15, 0.2) is 34.6 Å². The number of carbonyl (C=O) groups is 1. The maximum atomic E-state index is 11.8. The van der Waals surface area contributed by atoms with Crippen LogP contribution < -0.4 is 15.5 Å². The molecule has 1 aromatic carbocycles. The van der Waals surface area contributed by atoms with Crippen molar-refractivity contribution in [3.8, 4) is 0 Å². The number of hydrogen-bond acceptors (Lipinski definition) is 4. The van der Waals surface area contributed by atoms with Gasteiger partial charge in [0.25, 0.3) is 0 Å². The first-order valence-corrected chi connectivity index (χ1v) is 10.5. The first-order valence-electron chi connectivity index (χ1n) is 9.65. The molecule has 0 saturated carbocycles. The van der Waals surface area contributed by atoms with Crippen LogP contribution in [0.4, 0.5) is 5.69 Å². The minimum absolute atomic E-state index is 0.0781. The molecule has 1 amide bonds. The number of nitrogens with one attached hydrogen (secondary N) is 2. The van der Waals surface area contributed by atoms with Gasteiger partial charge in [-0.25, -0.2) is 4.98 Å². The summed E-state index contributed by atoms with van der Waals surface area (Å²) in [5, 5.41) is 9.88.